The Kier molecular flexibility index (Phi) is 11.3. The van der Waals surface area contributed by atoms with Crippen molar-refractivity contribution in [3.63, 3.8) is 0 Å². The average Bonchev–Trinajstić information content (AvgIpc) is 3.20. The molecule has 8 N–H and O–H groups in total. The number of nitrogens with two attached hydrogens (primary N) is 2. The normalized spacial score (nSPS) is 18.7. The van der Waals surface area contributed by atoms with Crippen LogP contribution in [0.25, 0.3) is 0 Å². The Morgan fingerprint density at radius 2 is 1.71 bits per heavy atom. The summed E-state index contributed by atoms with van der Waals surface area (Å²) in [5, 5.41) is 23.0. The van der Waals surface area contributed by atoms with Crippen molar-refractivity contribution in [3.05, 3.63) is 0 Å². The fourth-order valence-corrected chi connectivity index (χ4v) is 3.51. The molecule has 1 aliphatic rings. The number of unbranched alkanes of at least 4 members (excludes halogenated alkanes) is 1. The molecule has 1 saturated heterocycles. The van der Waals surface area contributed by atoms with Gasteiger partial charge in [-0.05, 0) is 38.6 Å². The molecule has 4 unspecified atom stereocenters. The lowest BCUT2D eigenvalue weighted by atomic mass is 10.1. The molecule has 3 amide bonds. The molecule has 13 heteroatoms. The molecular weight excluding hydrogens is 430 g/mol. The number of hydrogen-bond acceptors (Lipinski definition) is 8. The van der Waals surface area contributed by atoms with Crippen LogP contribution in [0.15, 0.2) is 0 Å². The van der Waals surface area contributed by atoms with E-state index in [1.54, 1.807) is 0 Å². The van der Waals surface area contributed by atoms with Crippen LogP contribution < -0.4 is 22.1 Å². The third-order valence-electron chi connectivity index (χ3n) is 4.93. The highest BCUT2D eigenvalue weighted by Crippen LogP contribution is 2.19. The number of carbonyl (C=O) groups is 5. The van der Waals surface area contributed by atoms with E-state index in [9.17, 15) is 29.1 Å². The average molecular weight is 462 g/mol. The molecule has 176 valence electrons. The lowest BCUT2D eigenvalue weighted by molar-refractivity contribution is -0.149. The minimum atomic E-state index is -1.34. The molecular formula is C18H31N5O7S. The number of thiol groups is 1. The molecule has 12 nitrogen and oxygen atoms in total. The topological polar surface area (TPSA) is 205 Å². The maximum Gasteiger partial charge on any atom is 0.326 e. The van der Waals surface area contributed by atoms with Gasteiger partial charge in [-0.2, -0.15) is 12.6 Å². The zero-order valence-corrected chi connectivity index (χ0v) is 18.1. The maximum absolute atomic E-state index is 12.8. The van der Waals surface area contributed by atoms with Gasteiger partial charge in [0.05, 0.1) is 12.5 Å². The van der Waals surface area contributed by atoms with Gasteiger partial charge in [-0.1, -0.05) is 0 Å². The van der Waals surface area contributed by atoms with E-state index in [2.05, 4.69) is 23.3 Å². The Morgan fingerprint density at radius 1 is 1.06 bits per heavy atom. The predicted molar refractivity (Wildman–Crippen MR) is 113 cm³/mol. The molecule has 0 spiro atoms. The third-order valence-corrected chi connectivity index (χ3v) is 5.29. The standard InChI is InChI=1S/C18H31N5O7S/c19-6-2-1-4-11(21-15(26)10(20)8-14(24)25)16(27)22-12(9-31)17(28)23-7-3-5-13(23)18(29)30/h10-13,31H,1-9,19-20H2,(H,21,26)(H,22,27)(H,24,25)(H,29,30). The molecule has 0 aromatic carbocycles. The molecule has 1 rings (SSSR count). The first-order valence-electron chi connectivity index (χ1n) is 10.0. The molecule has 0 aromatic rings. The van der Waals surface area contributed by atoms with Gasteiger partial charge in [0.1, 0.15) is 18.1 Å². The summed E-state index contributed by atoms with van der Waals surface area (Å²) in [5.41, 5.74) is 11.0. The van der Waals surface area contributed by atoms with Crippen molar-refractivity contribution in [3.8, 4) is 0 Å². The molecule has 0 radical (unpaired) electrons. The van der Waals surface area contributed by atoms with Crippen molar-refractivity contribution < 1.29 is 34.2 Å². The Morgan fingerprint density at radius 3 is 2.26 bits per heavy atom. The van der Waals surface area contributed by atoms with E-state index in [1.165, 1.54) is 4.90 Å². The SMILES string of the molecule is NCCCCC(NC(=O)C(N)CC(=O)O)C(=O)NC(CS)C(=O)N1CCCC1C(=O)O. The van der Waals surface area contributed by atoms with Crippen molar-refractivity contribution in [1.29, 1.82) is 0 Å². The number of carboxylic acids is 2. The Bertz CT molecular complexity index is 678. The highest BCUT2D eigenvalue weighted by Gasteiger charge is 2.38. The number of likely N-dealkylation sites (tertiary alicyclic amines) is 1. The summed E-state index contributed by atoms with van der Waals surface area (Å²) in [6, 6.07) is -4.45. The van der Waals surface area contributed by atoms with E-state index in [4.69, 9.17) is 16.6 Å². The summed E-state index contributed by atoms with van der Waals surface area (Å²) in [4.78, 5) is 61.1. The number of nitrogens with zero attached hydrogens (tertiary/aromatic N) is 1. The van der Waals surface area contributed by atoms with Gasteiger partial charge in [-0.3, -0.25) is 19.2 Å². The van der Waals surface area contributed by atoms with E-state index in [0.29, 0.717) is 32.2 Å². The van der Waals surface area contributed by atoms with E-state index in [1.807, 2.05) is 0 Å². The van der Waals surface area contributed by atoms with Gasteiger partial charge in [0.25, 0.3) is 0 Å². The fraction of sp³-hybridized carbons (Fsp3) is 0.722. The number of amides is 3. The van der Waals surface area contributed by atoms with Gasteiger partial charge < -0.3 is 37.2 Å². The largest absolute Gasteiger partial charge is 0.481 e. The Hall–Kier alpha value is -2.38. The zero-order valence-electron chi connectivity index (χ0n) is 17.2. The minimum Gasteiger partial charge on any atom is -0.481 e. The molecule has 0 saturated carbocycles. The van der Waals surface area contributed by atoms with Crippen LogP contribution in [0.5, 0.6) is 0 Å². The van der Waals surface area contributed by atoms with Crippen LogP contribution in [0.1, 0.15) is 38.5 Å². The van der Waals surface area contributed by atoms with Crippen molar-refractivity contribution >= 4 is 42.3 Å². The van der Waals surface area contributed by atoms with Crippen LogP contribution >= 0.6 is 12.6 Å². The number of carbonyl (C=O) groups excluding carboxylic acids is 3. The van der Waals surface area contributed by atoms with Crippen LogP contribution in [-0.2, 0) is 24.0 Å². The molecule has 0 aromatic heterocycles. The first kappa shape index (κ1) is 26.7. The van der Waals surface area contributed by atoms with Crippen molar-refractivity contribution in [1.82, 2.24) is 15.5 Å². The smallest absolute Gasteiger partial charge is 0.326 e. The molecule has 31 heavy (non-hydrogen) atoms. The first-order chi connectivity index (χ1) is 14.6. The van der Waals surface area contributed by atoms with E-state index in [-0.39, 0.29) is 18.7 Å². The van der Waals surface area contributed by atoms with Crippen molar-refractivity contribution in [2.24, 2.45) is 11.5 Å². The van der Waals surface area contributed by atoms with E-state index < -0.39 is 60.2 Å². The molecule has 1 fully saturated rings. The monoisotopic (exact) mass is 461 g/mol. The number of rotatable bonds is 13. The van der Waals surface area contributed by atoms with Crippen LogP contribution in [0, 0.1) is 0 Å². The predicted octanol–water partition coefficient (Wildman–Crippen LogP) is -2.11. The van der Waals surface area contributed by atoms with Gasteiger partial charge in [-0.25, -0.2) is 4.79 Å². The number of carboxylic acid groups (broad SMARTS) is 2. The van der Waals surface area contributed by atoms with Crippen molar-refractivity contribution in [2.75, 3.05) is 18.8 Å². The highest BCUT2D eigenvalue weighted by molar-refractivity contribution is 7.80. The molecule has 0 bridgehead atoms. The lowest BCUT2D eigenvalue weighted by Gasteiger charge is -2.28. The summed E-state index contributed by atoms with van der Waals surface area (Å²) in [7, 11) is 0. The number of hydrogen-bond donors (Lipinski definition) is 7. The quantitative estimate of drug-likeness (QED) is 0.118. The third kappa shape index (κ3) is 8.34. The van der Waals surface area contributed by atoms with Gasteiger partial charge in [0, 0.05) is 12.3 Å². The Balaban J connectivity index is 2.86. The fourth-order valence-electron chi connectivity index (χ4n) is 3.27. The second-order valence-electron chi connectivity index (χ2n) is 7.32. The molecule has 4 atom stereocenters. The summed E-state index contributed by atoms with van der Waals surface area (Å²) in [6.07, 6.45) is 1.54. The van der Waals surface area contributed by atoms with Crippen LogP contribution in [0.4, 0.5) is 0 Å². The molecule has 1 heterocycles. The number of nitrogens with one attached hydrogen (secondary N) is 2. The van der Waals surface area contributed by atoms with Gasteiger partial charge >= 0.3 is 11.9 Å². The van der Waals surface area contributed by atoms with Crippen LogP contribution in [0.2, 0.25) is 0 Å². The summed E-state index contributed by atoms with van der Waals surface area (Å²) < 4.78 is 0. The van der Waals surface area contributed by atoms with E-state index >= 15 is 0 Å². The zero-order chi connectivity index (χ0) is 23.6. The summed E-state index contributed by atoms with van der Waals surface area (Å²) in [5.74, 6) is -4.50. The number of aliphatic carboxylic acids is 2. The van der Waals surface area contributed by atoms with Gasteiger partial charge in [0.2, 0.25) is 17.7 Å². The summed E-state index contributed by atoms with van der Waals surface area (Å²) in [6.45, 7) is 0.640. The van der Waals surface area contributed by atoms with Gasteiger partial charge in [-0.15, -0.1) is 0 Å². The first-order valence-corrected chi connectivity index (χ1v) is 10.7. The van der Waals surface area contributed by atoms with E-state index in [0.717, 1.165) is 0 Å². The highest BCUT2D eigenvalue weighted by atomic mass is 32.1. The van der Waals surface area contributed by atoms with Crippen LogP contribution in [0.3, 0.4) is 0 Å². The molecule has 0 aliphatic carbocycles. The van der Waals surface area contributed by atoms with Crippen molar-refractivity contribution in [2.45, 2.75) is 62.7 Å². The summed E-state index contributed by atoms with van der Waals surface area (Å²) >= 11 is 4.10. The minimum absolute atomic E-state index is 0.0740. The van der Waals surface area contributed by atoms with Gasteiger partial charge in [0.15, 0.2) is 0 Å². The second-order valence-corrected chi connectivity index (χ2v) is 7.69. The second kappa shape index (κ2) is 13.1. The lowest BCUT2D eigenvalue weighted by Crippen LogP contribution is -2.57. The Labute approximate surface area is 185 Å². The molecule has 1 aliphatic heterocycles. The maximum atomic E-state index is 12.8. The van der Waals surface area contributed by atoms with Crippen LogP contribution in [-0.4, -0.2) is 87.8 Å².